The van der Waals surface area contributed by atoms with Crippen molar-refractivity contribution in [1.29, 1.82) is 0 Å². The molecule has 2 aliphatic carbocycles. The Morgan fingerprint density at radius 1 is 0.596 bits per heavy atom. The molecule has 0 amide bonds. The minimum absolute atomic E-state index is 0.0572. The first-order valence-corrected chi connectivity index (χ1v) is 37.0. The van der Waals surface area contributed by atoms with Gasteiger partial charge in [0.05, 0.1) is 71.3 Å². The van der Waals surface area contributed by atoms with E-state index in [0.29, 0.717) is 18.5 Å². The molecule has 9 aromatic heterocycles. The zero-order chi connectivity index (χ0) is 62.1. The predicted molar refractivity (Wildman–Crippen MR) is 313 cm³/mol. The lowest BCUT2D eigenvalue weighted by molar-refractivity contribution is -0.0427. The Balaban J connectivity index is 0.000000156. The number of anilines is 2. The molecule has 37 nitrogen and oxygen atoms in total. The second kappa shape index (κ2) is 23.4. The molecule has 4 unspecified atom stereocenters. The molecule has 4 saturated heterocycles. The lowest BCUT2D eigenvalue weighted by Gasteiger charge is -2.45. The van der Waals surface area contributed by atoms with Gasteiger partial charge in [-0.05, 0) is 65.3 Å². The smallest absolute Gasteiger partial charge is 0.382 e. The first-order valence-electron chi connectivity index (χ1n) is 26.6. The zero-order valence-corrected chi connectivity index (χ0v) is 51.8. The van der Waals surface area contributed by atoms with Crippen molar-refractivity contribution in [1.82, 2.24) is 93.1 Å². The van der Waals surface area contributed by atoms with Gasteiger partial charge in [0, 0.05) is 23.9 Å². The molecule has 89 heavy (non-hydrogen) atoms. The van der Waals surface area contributed by atoms with E-state index in [-0.39, 0.29) is 124 Å². The molecule has 47 heteroatoms. The Bertz CT molecular complexity index is 4570. The molecular weight excluding hydrogens is 1340 g/mol. The minimum atomic E-state index is -4.16. The van der Waals surface area contributed by atoms with E-state index in [1.165, 1.54) is 53.4 Å². The standard InChI is InChI=1S/C21H23FN12O8P2S2.C21H24FN9O8P2S2/c22-12-15-11(41-20(12)33-7-26-13-16(23)24-5-25-17(13)33)4-40-43(36,45)39-3-9-8(2-38-44(37,46)42-15)1-10(9)32-6-27-14-18(32)28-21-29-30-31-34(21)19(14)35;22-13-16-12(38-21(13)31-8-28-14-17(23)24-5-25-18(14)31)4-37-40(33,42)36-3-10-9(2-35-41(34,43)39-16)1-11(10)30-7-29-15-19(30)26-6-27-20(15)32/h5-12,15,20H,1-4H2,(H,36,45)(H,37,46)(H2,23,24,25)(H,28,29,31);5-13,16,21H,1-4H2,(H,33,42)(H,34,43)(H2,23,24,25)(H,26,27,32)/t8-,9-,10-,11-,12-,15-,20-,43?,44?;9-,10-,11-,12-,13-,16-,21-,40?,41?/m11/s1. The van der Waals surface area contributed by atoms with Crippen molar-refractivity contribution in [3.05, 3.63) is 65.0 Å². The summed E-state index contributed by atoms with van der Waals surface area (Å²) in [6.07, 6.45) is -1.84. The van der Waals surface area contributed by atoms with Crippen LogP contribution in [0, 0.1) is 23.7 Å². The van der Waals surface area contributed by atoms with Gasteiger partial charge in [0.15, 0.2) is 70.1 Å². The summed E-state index contributed by atoms with van der Waals surface area (Å²) >= 11 is 19.9. The summed E-state index contributed by atoms with van der Waals surface area (Å²) in [5, 5.41) is 9.87. The van der Waals surface area contributed by atoms with Crippen LogP contribution < -0.4 is 22.6 Å². The third-order valence-electron chi connectivity index (χ3n) is 16.2. The number of nitrogen functional groups attached to an aromatic ring is 2. The number of alkyl halides is 2. The molecule has 6 aliphatic rings. The van der Waals surface area contributed by atoms with Crippen molar-refractivity contribution >= 4 is 137 Å². The fraction of sp³-hybridized carbons (Fsp3) is 0.524. The summed E-state index contributed by atoms with van der Waals surface area (Å²) in [5.41, 5.74) is 12.6. The van der Waals surface area contributed by atoms with Crippen molar-refractivity contribution < 1.29 is 73.7 Å². The normalized spacial score (nSPS) is 36.4. The van der Waals surface area contributed by atoms with Crippen LogP contribution in [0.4, 0.5) is 20.4 Å². The summed E-state index contributed by atoms with van der Waals surface area (Å²) in [6.45, 7) is -17.3. The molecule has 13 heterocycles. The van der Waals surface area contributed by atoms with E-state index in [4.69, 9.17) is 92.6 Å². The number of ether oxygens (including phenoxy) is 2. The number of nitrogens with two attached hydrogens (primary N) is 2. The summed E-state index contributed by atoms with van der Waals surface area (Å²) in [5.74, 6) is -1.05. The van der Waals surface area contributed by atoms with Crippen LogP contribution in [0.5, 0.6) is 0 Å². The van der Waals surface area contributed by atoms with Gasteiger partial charge >= 0.3 is 32.5 Å². The van der Waals surface area contributed by atoms with E-state index >= 15 is 8.78 Å². The van der Waals surface area contributed by atoms with Gasteiger partial charge in [0.25, 0.3) is 11.3 Å². The molecule has 18 atom stereocenters. The number of hydrogen-bond acceptors (Lipinski definition) is 30. The number of rotatable bonds is 4. The Morgan fingerprint density at radius 2 is 1.08 bits per heavy atom. The van der Waals surface area contributed by atoms with Crippen LogP contribution >= 0.6 is 39.2 Å². The number of hydrogen-bond donors (Lipinski definition) is 8. The number of H-pyrrole nitrogens is 2. The average molecular weight is 1390 g/mol. The molecule has 0 spiro atoms. The third kappa shape index (κ3) is 11.5. The quantitative estimate of drug-likeness (QED) is 0.0915. The highest BCUT2D eigenvalue weighted by atomic mass is 32.7. The lowest BCUT2D eigenvalue weighted by Crippen LogP contribution is -2.43. The summed E-state index contributed by atoms with van der Waals surface area (Å²) < 4.78 is 110. The predicted octanol–water partition coefficient (Wildman–Crippen LogP) is 1.54. The molecule has 6 fully saturated rings. The van der Waals surface area contributed by atoms with Gasteiger partial charge in [-0.2, -0.15) is 14.7 Å². The van der Waals surface area contributed by atoms with Crippen molar-refractivity contribution in [2.45, 2.75) is 74.1 Å². The molecule has 9 aromatic rings. The molecule has 474 valence electrons. The number of nitrogens with zero attached hydrogens (tertiary/aromatic N) is 17. The van der Waals surface area contributed by atoms with E-state index in [1.807, 2.05) is 0 Å². The van der Waals surface area contributed by atoms with Gasteiger partial charge in [-0.1, -0.05) is 17.3 Å². The van der Waals surface area contributed by atoms with Gasteiger partial charge in [0.1, 0.15) is 48.1 Å². The van der Waals surface area contributed by atoms with Gasteiger partial charge in [0.2, 0.25) is 0 Å². The molecule has 0 radical (unpaired) electrons. The highest BCUT2D eigenvalue weighted by Gasteiger charge is 2.54. The number of fused-ring (bicyclic) bond motifs is 9. The fourth-order valence-electron chi connectivity index (χ4n) is 11.6. The van der Waals surface area contributed by atoms with Gasteiger partial charge in [-0.25, -0.2) is 58.2 Å². The first-order chi connectivity index (χ1) is 42.5. The van der Waals surface area contributed by atoms with E-state index in [1.54, 1.807) is 9.13 Å². The molecule has 9 N–H and O–H groups in total. The minimum Gasteiger partial charge on any atom is -0.382 e. The van der Waals surface area contributed by atoms with E-state index in [9.17, 15) is 28.8 Å². The second-order valence-corrected chi connectivity index (χ2v) is 32.5. The highest BCUT2D eigenvalue weighted by molar-refractivity contribution is 8.44. The monoisotopic (exact) mass is 1390 g/mol. The maximum Gasteiger partial charge on any atom is 0.386 e. The Labute approximate surface area is 514 Å². The topological polar surface area (TPSA) is 467 Å². The SMILES string of the molecule is Nc1ncnc2c1ncn2[C@@H]1O[C@@H]2COP(O)(=S)OC[C@@H]3[C@@H](COP(=O)(S)O[C@H]2[C@H]1F)C[C@H]3n1cnc2c(=O)[nH]cnc21.Nc1ncnc2c1ncn2[C@@H]1O[C@@H]2COP(O)(=S)OC[C@@H]3[C@@H](COP(O)(=S)O[C@H]2[C@H]1F)C[C@H]3n1cnc2c(=O)n3[nH]nnc3nc21. The largest absolute Gasteiger partial charge is 0.386 e. The Kier molecular flexibility index (Phi) is 16.1. The maximum absolute atomic E-state index is 16.1. The number of tetrazole rings is 1. The van der Waals surface area contributed by atoms with Crippen LogP contribution in [0.2, 0.25) is 0 Å². The lowest BCUT2D eigenvalue weighted by atomic mass is 9.70. The number of aromatic nitrogens is 19. The molecule has 2 saturated carbocycles. The van der Waals surface area contributed by atoms with Crippen molar-refractivity contribution in [2.75, 3.05) is 51.1 Å². The molecule has 0 bridgehead atoms. The molecule has 15 rings (SSSR count). The average Bonchev–Trinajstić information content (AvgIpc) is 1.72. The molecule has 4 aliphatic heterocycles. The van der Waals surface area contributed by atoms with Crippen molar-refractivity contribution in [3.8, 4) is 0 Å². The highest BCUT2D eigenvalue weighted by Crippen LogP contribution is 2.60. The van der Waals surface area contributed by atoms with Crippen LogP contribution in [0.1, 0.15) is 37.4 Å². The van der Waals surface area contributed by atoms with E-state index in [2.05, 4.69) is 82.6 Å². The maximum atomic E-state index is 16.1. The van der Waals surface area contributed by atoms with E-state index < -0.39 is 94.9 Å². The number of aromatic amines is 2. The number of halogens is 2. The number of thiol groups is 1. The third-order valence-corrected chi connectivity index (χ3v) is 22.5. The summed E-state index contributed by atoms with van der Waals surface area (Å²) in [6, 6.07) is -0.603. The molecular formula is C42H47F2N21O16P4S4. The molecule has 0 aromatic carbocycles. The fourth-order valence-corrected chi connectivity index (χ4v) is 16.9. The second-order valence-electron chi connectivity index (χ2n) is 21.2. The van der Waals surface area contributed by atoms with Gasteiger partial charge < -0.3 is 76.9 Å². The van der Waals surface area contributed by atoms with Gasteiger partial charge in [-0.3, -0.25) is 27.8 Å². The number of nitrogens with one attached hydrogen (secondary N) is 2. The van der Waals surface area contributed by atoms with Crippen molar-refractivity contribution in [2.24, 2.45) is 23.7 Å². The van der Waals surface area contributed by atoms with Crippen LogP contribution in [-0.2, 0) is 85.6 Å². The first kappa shape index (κ1) is 61.2. The van der Waals surface area contributed by atoms with Crippen LogP contribution in [-0.4, -0.2) is 184 Å². The van der Waals surface area contributed by atoms with E-state index in [0.717, 1.165) is 4.52 Å². The van der Waals surface area contributed by atoms with Gasteiger partial charge in [-0.15, -0.1) is 0 Å². The Hall–Kier alpha value is -5.33. The summed E-state index contributed by atoms with van der Waals surface area (Å²) in [7, 11) is 0. The van der Waals surface area contributed by atoms with Crippen LogP contribution in [0.25, 0.3) is 50.4 Å². The van der Waals surface area contributed by atoms with Crippen molar-refractivity contribution in [3.63, 3.8) is 0 Å². The number of imidazole rings is 4. The summed E-state index contributed by atoms with van der Waals surface area (Å²) in [4.78, 5) is 102. The van der Waals surface area contributed by atoms with Crippen LogP contribution in [0.15, 0.2) is 53.9 Å². The zero-order valence-electron chi connectivity index (χ0n) is 44.9. The van der Waals surface area contributed by atoms with Crippen LogP contribution in [0.3, 0.4) is 0 Å². The Morgan fingerprint density at radius 3 is 1.66 bits per heavy atom.